The Balaban J connectivity index is 1.46. The zero-order valence-electron chi connectivity index (χ0n) is 18.7. The van der Waals surface area contributed by atoms with Gasteiger partial charge in [-0.05, 0) is 61.0 Å². The van der Waals surface area contributed by atoms with Gasteiger partial charge in [0.1, 0.15) is 17.2 Å². The number of aryl methyl sites for hydroxylation is 1. The molecule has 0 fully saturated rings. The van der Waals surface area contributed by atoms with Gasteiger partial charge in [0.05, 0.1) is 23.3 Å². The molecule has 4 rings (SSSR count). The lowest BCUT2D eigenvalue weighted by molar-refractivity contribution is -0.116. The fourth-order valence-electron chi connectivity index (χ4n) is 3.54. The van der Waals surface area contributed by atoms with Crippen LogP contribution in [0.5, 0.6) is 5.75 Å². The van der Waals surface area contributed by atoms with Crippen molar-refractivity contribution in [2.75, 3.05) is 23.7 Å². The molecule has 0 spiro atoms. The molecule has 0 saturated carbocycles. The van der Waals surface area contributed by atoms with Gasteiger partial charge < -0.3 is 10.1 Å². The van der Waals surface area contributed by atoms with Gasteiger partial charge in [0.2, 0.25) is 5.91 Å². The minimum absolute atomic E-state index is 0.00704. The second-order valence-electron chi connectivity index (χ2n) is 7.69. The van der Waals surface area contributed by atoms with Crippen molar-refractivity contribution in [3.05, 3.63) is 77.9 Å². The van der Waals surface area contributed by atoms with Crippen molar-refractivity contribution in [2.45, 2.75) is 16.7 Å². The quantitative estimate of drug-likeness (QED) is 0.493. The standard InChI is InChI=1S/C23H21N3O7S2/c1-15-7-12-20(33-2)19(13-15)25-34(29,30)17-10-8-16(9-11-17)24-22(27)14-26-23(28)18-5-3-4-6-21(18)35(26,31)32/h3-13,25H,14H2,1-2H3,(H,24,27). The second-order valence-corrected chi connectivity index (χ2v) is 11.2. The molecule has 0 bridgehead atoms. The topological polar surface area (TPSA) is 139 Å². The van der Waals surface area contributed by atoms with Crippen LogP contribution in [-0.2, 0) is 24.8 Å². The monoisotopic (exact) mass is 515 g/mol. The Kier molecular flexibility index (Phi) is 6.26. The van der Waals surface area contributed by atoms with E-state index in [-0.39, 0.29) is 26.7 Å². The zero-order valence-corrected chi connectivity index (χ0v) is 20.3. The number of nitrogens with zero attached hydrogens (tertiary/aromatic N) is 1. The normalized spacial score (nSPS) is 14.3. The fourth-order valence-corrected chi connectivity index (χ4v) is 6.13. The number of amides is 2. The molecule has 10 nitrogen and oxygen atoms in total. The molecule has 1 aliphatic heterocycles. The maximum absolute atomic E-state index is 12.8. The number of methoxy groups -OCH3 is 1. The van der Waals surface area contributed by atoms with Crippen LogP contribution >= 0.6 is 0 Å². The van der Waals surface area contributed by atoms with E-state index in [0.29, 0.717) is 10.1 Å². The molecule has 12 heteroatoms. The van der Waals surface area contributed by atoms with Crippen molar-refractivity contribution < 1.29 is 31.2 Å². The third-order valence-electron chi connectivity index (χ3n) is 5.25. The summed E-state index contributed by atoms with van der Waals surface area (Å²) in [7, 11) is -6.65. The van der Waals surface area contributed by atoms with Crippen LogP contribution in [-0.4, -0.2) is 46.6 Å². The molecule has 3 aromatic carbocycles. The Bertz CT molecular complexity index is 1530. The predicted molar refractivity (Wildman–Crippen MR) is 128 cm³/mol. The van der Waals surface area contributed by atoms with Crippen LogP contribution in [0.15, 0.2) is 76.5 Å². The molecular weight excluding hydrogens is 494 g/mol. The number of fused-ring (bicyclic) bond motifs is 1. The highest BCUT2D eigenvalue weighted by atomic mass is 32.2. The van der Waals surface area contributed by atoms with Crippen molar-refractivity contribution in [3.8, 4) is 5.75 Å². The van der Waals surface area contributed by atoms with Crippen LogP contribution in [0.3, 0.4) is 0 Å². The van der Waals surface area contributed by atoms with E-state index in [9.17, 15) is 26.4 Å². The number of rotatable bonds is 7. The van der Waals surface area contributed by atoms with Crippen molar-refractivity contribution in [1.29, 1.82) is 0 Å². The van der Waals surface area contributed by atoms with E-state index in [2.05, 4.69) is 10.0 Å². The first-order chi connectivity index (χ1) is 16.5. The molecule has 3 aromatic rings. The Morgan fingerprint density at radius 1 is 1.03 bits per heavy atom. The van der Waals surface area contributed by atoms with E-state index < -0.39 is 38.4 Å². The molecule has 1 aliphatic rings. The van der Waals surface area contributed by atoms with E-state index >= 15 is 0 Å². The van der Waals surface area contributed by atoms with Crippen LogP contribution in [0.1, 0.15) is 15.9 Å². The smallest absolute Gasteiger partial charge is 0.269 e. The highest BCUT2D eigenvalue weighted by Gasteiger charge is 2.41. The summed E-state index contributed by atoms with van der Waals surface area (Å²) in [5.41, 5.74) is 1.35. The summed E-state index contributed by atoms with van der Waals surface area (Å²) in [5.74, 6) is -1.18. The summed E-state index contributed by atoms with van der Waals surface area (Å²) in [5, 5.41) is 2.48. The van der Waals surface area contributed by atoms with E-state index in [0.717, 1.165) is 5.56 Å². The maximum Gasteiger partial charge on any atom is 0.269 e. The van der Waals surface area contributed by atoms with Crippen molar-refractivity contribution in [1.82, 2.24) is 4.31 Å². The van der Waals surface area contributed by atoms with Gasteiger partial charge in [0.25, 0.3) is 26.0 Å². The summed E-state index contributed by atoms with van der Waals surface area (Å²) in [6, 6.07) is 16.1. The van der Waals surface area contributed by atoms with E-state index in [4.69, 9.17) is 4.74 Å². The second kappa shape index (κ2) is 9.04. The van der Waals surface area contributed by atoms with Gasteiger partial charge in [0.15, 0.2) is 0 Å². The largest absolute Gasteiger partial charge is 0.495 e. The van der Waals surface area contributed by atoms with E-state index in [1.807, 2.05) is 6.92 Å². The van der Waals surface area contributed by atoms with Crippen LogP contribution < -0.4 is 14.8 Å². The lowest BCUT2D eigenvalue weighted by Gasteiger charge is -2.15. The minimum Gasteiger partial charge on any atom is -0.495 e. The van der Waals surface area contributed by atoms with Gasteiger partial charge >= 0.3 is 0 Å². The van der Waals surface area contributed by atoms with Crippen molar-refractivity contribution >= 4 is 43.2 Å². The molecule has 0 atom stereocenters. The van der Waals surface area contributed by atoms with Crippen LogP contribution in [0.4, 0.5) is 11.4 Å². The summed E-state index contributed by atoms with van der Waals surface area (Å²) >= 11 is 0. The number of nitrogens with one attached hydrogen (secondary N) is 2. The van der Waals surface area contributed by atoms with Crippen molar-refractivity contribution in [2.24, 2.45) is 0 Å². The number of hydrogen-bond donors (Lipinski definition) is 2. The Morgan fingerprint density at radius 3 is 2.37 bits per heavy atom. The number of carbonyl (C=O) groups excluding carboxylic acids is 2. The molecule has 0 aromatic heterocycles. The summed E-state index contributed by atoms with van der Waals surface area (Å²) in [4.78, 5) is 24.7. The first-order valence-electron chi connectivity index (χ1n) is 10.3. The minimum atomic E-state index is -4.12. The predicted octanol–water partition coefficient (Wildman–Crippen LogP) is 2.59. The molecule has 182 valence electrons. The van der Waals surface area contributed by atoms with Crippen LogP contribution in [0.25, 0.3) is 0 Å². The van der Waals surface area contributed by atoms with Gasteiger partial charge in [-0.3, -0.25) is 14.3 Å². The SMILES string of the molecule is COc1ccc(C)cc1NS(=O)(=O)c1ccc(NC(=O)CN2C(=O)c3ccccc3S2(=O)=O)cc1. The van der Waals surface area contributed by atoms with Gasteiger partial charge in [0, 0.05) is 5.69 Å². The molecule has 0 unspecified atom stereocenters. The number of sulfonamides is 2. The highest BCUT2D eigenvalue weighted by molar-refractivity contribution is 7.92. The Hall–Kier alpha value is -3.90. The molecule has 0 radical (unpaired) electrons. The van der Waals surface area contributed by atoms with Gasteiger partial charge in [-0.15, -0.1) is 0 Å². The molecule has 1 heterocycles. The van der Waals surface area contributed by atoms with Gasteiger partial charge in [-0.2, -0.15) is 0 Å². The number of carbonyl (C=O) groups is 2. The molecule has 2 amide bonds. The molecule has 0 aliphatic carbocycles. The summed E-state index contributed by atoms with van der Waals surface area (Å²) in [6.07, 6.45) is 0. The highest BCUT2D eigenvalue weighted by Crippen LogP contribution is 2.30. The first-order valence-corrected chi connectivity index (χ1v) is 13.2. The summed E-state index contributed by atoms with van der Waals surface area (Å²) < 4.78 is 59.0. The van der Waals surface area contributed by atoms with Crippen molar-refractivity contribution in [3.63, 3.8) is 0 Å². The van der Waals surface area contributed by atoms with E-state index in [1.165, 1.54) is 55.6 Å². The average molecular weight is 516 g/mol. The lowest BCUT2D eigenvalue weighted by atomic mass is 10.2. The van der Waals surface area contributed by atoms with E-state index in [1.54, 1.807) is 18.2 Å². The number of benzene rings is 3. The Labute approximate surface area is 202 Å². The van der Waals surface area contributed by atoms with Crippen LogP contribution in [0, 0.1) is 6.92 Å². The number of hydrogen-bond acceptors (Lipinski definition) is 7. The molecular formula is C23H21N3O7S2. The maximum atomic E-state index is 12.8. The number of ether oxygens (including phenoxy) is 1. The fraction of sp³-hybridized carbons (Fsp3) is 0.130. The zero-order chi connectivity index (χ0) is 25.4. The third kappa shape index (κ3) is 4.70. The number of anilines is 2. The summed E-state index contributed by atoms with van der Waals surface area (Å²) in [6.45, 7) is 1.10. The lowest BCUT2D eigenvalue weighted by Crippen LogP contribution is -2.37. The first kappa shape index (κ1) is 24.2. The molecule has 0 saturated heterocycles. The Morgan fingerprint density at radius 2 is 1.71 bits per heavy atom. The van der Waals surface area contributed by atoms with Crippen LogP contribution in [0.2, 0.25) is 0 Å². The van der Waals surface area contributed by atoms with Gasteiger partial charge in [-0.25, -0.2) is 21.1 Å². The molecule has 35 heavy (non-hydrogen) atoms. The third-order valence-corrected chi connectivity index (χ3v) is 8.42. The van der Waals surface area contributed by atoms with Gasteiger partial charge in [-0.1, -0.05) is 18.2 Å². The molecule has 2 N–H and O–H groups in total. The average Bonchev–Trinajstić information content (AvgIpc) is 3.00.